The quantitative estimate of drug-likeness (QED) is 0.346. The van der Waals surface area contributed by atoms with Crippen molar-refractivity contribution >= 4 is 16.8 Å². The minimum absolute atomic E-state index is 0.0478. The van der Waals surface area contributed by atoms with Gasteiger partial charge in [-0.3, -0.25) is 9.78 Å². The van der Waals surface area contributed by atoms with E-state index in [0.29, 0.717) is 31.1 Å². The van der Waals surface area contributed by atoms with Crippen LogP contribution in [0, 0.1) is 13.8 Å². The van der Waals surface area contributed by atoms with Crippen molar-refractivity contribution in [3.63, 3.8) is 0 Å². The third-order valence-electron chi connectivity index (χ3n) is 6.12. The smallest absolute Gasteiger partial charge is 0.227 e. The van der Waals surface area contributed by atoms with Crippen LogP contribution in [0.25, 0.3) is 10.9 Å². The molecule has 5 heteroatoms. The van der Waals surface area contributed by atoms with Crippen molar-refractivity contribution in [2.45, 2.75) is 33.4 Å². The Balaban J connectivity index is 1.44. The zero-order valence-electron chi connectivity index (χ0n) is 20.2. The summed E-state index contributed by atoms with van der Waals surface area (Å²) in [6.07, 6.45) is 0.321. The molecule has 0 radical (unpaired) electrons. The lowest BCUT2D eigenvalue weighted by Crippen LogP contribution is -2.28. The molecule has 0 fully saturated rings. The molecule has 5 nitrogen and oxygen atoms in total. The number of carbonyl (C=O) groups excluding carboxylic acids is 1. The van der Waals surface area contributed by atoms with Crippen molar-refractivity contribution in [2.24, 2.45) is 0 Å². The fourth-order valence-electron chi connectivity index (χ4n) is 4.14. The van der Waals surface area contributed by atoms with Crippen molar-refractivity contribution < 1.29 is 14.3 Å². The molecule has 1 aromatic heterocycles. The third kappa shape index (κ3) is 5.20. The summed E-state index contributed by atoms with van der Waals surface area (Å²) in [5, 5.41) is 1.09. The Labute approximate surface area is 201 Å². The van der Waals surface area contributed by atoms with Gasteiger partial charge in [0, 0.05) is 24.7 Å². The second-order valence-corrected chi connectivity index (χ2v) is 8.50. The number of carbonyl (C=O) groups is 1. The molecular weight excluding hydrogens is 424 g/mol. The second kappa shape index (κ2) is 10.4. The van der Waals surface area contributed by atoms with Crippen LogP contribution in [0.3, 0.4) is 0 Å². The summed E-state index contributed by atoms with van der Waals surface area (Å²) < 4.78 is 11.5. The molecule has 0 atom stereocenters. The maximum atomic E-state index is 13.1. The number of benzene rings is 3. The molecule has 0 aliphatic rings. The predicted octanol–water partition coefficient (Wildman–Crippen LogP) is 5.64. The van der Waals surface area contributed by atoms with Gasteiger partial charge in [0.2, 0.25) is 5.91 Å². The number of ether oxygens (including phenoxy) is 2. The van der Waals surface area contributed by atoms with E-state index in [1.807, 2.05) is 80.7 Å². The highest BCUT2D eigenvalue weighted by atomic mass is 16.5. The highest BCUT2D eigenvalue weighted by molar-refractivity contribution is 5.86. The van der Waals surface area contributed by atoms with Crippen molar-refractivity contribution in [1.82, 2.24) is 9.88 Å². The number of aromatic nitrogens is 1. The molecular formula is C29H30N2O3. The molecule has 34 heavy (non-hydrogen) atoms. The molecule has 174 valence electrons. The van der Waals surface area contributed by atoms with Crippen LogP contribution in [0.15, 0.2) is 72.8 Å². The lowest BCUT2D eigenvalue weighted by atomic mass is 9.99. The Morgan fingerprint density at radius 2 is 1.65 bits per heavy atom. The summed E-state index contributed by atoms with van der Waals surface area (Å²) in [6.45, 7) is 4.99. The van der Waals surface area contributed by atoms with Crippen LogP contribution < -0.4 is 9.47 Å². The van der Waals surface area contributed by atoms with E-state index in [4.69, 9.17) is 14.5 Å². The zero-order valence-corrected chi connectivity index (χ0v) is 20.2. The average molecular weight is 455 g/mol. The summed E-state index contributed by atoms with van der Waals surface area (Å²) in [6, 6.07) is 23.9. The maximum Gasteiger partial charge on any atom is 0.227 e. The Bertz CT molecular complexity index is 1300. The topological polar surface area (TPSA) is 51.7 Å². The van der Waals surface area contributed by atoms with Crippen molar-refractivity contribution in [1.29, 1.82) is 0 Å². The molecule has 4 rings (SSSR count). The monoisotopic (exact) mass is 454 g/mol. The number of amides is 1. The number of fused-ring (bicyclic) bond motifs is 1. The van der Waals surface area contributed by atoms with Gasteiger partial charge in [0.25, 0.3) is 0 Å². The van der Waals surface area contributed by atoms with E-state index < -0.39 is 0 Å². The van der Waals surface area contributed by atoms with Crippen LogP contribution in [0.4, 0.5) is 0 Å². The molecule has 0 aliphatic heterocycles. The minimum atomic E-state index is 0.0478. The molecule has 1 heterocycles. The minimum Gasteiger partial charge on any atom is -0.493 e. The van der Waals surface area contributed by atoms with Crippen molar-refractivity contribution in [3.8, 4) is 11.5 Å². The second-order valence-electron chi connectivity index (χ2n) is 8.50. The third-order valence-corrected chi connectivity index (χ3v) is 6.12. The van der Waals surface area contributed by atoms with E-state index in [-0.39, 0.29) is 5.91 Å². The number of pyridine rings is 1. The van der Waals surface area contributed by atoms with Crippen LogP contribution in [0.1, 0.15) is 27.9 Å². The normalized spacial score (nSPS) is 10.8. The first-order chi connectivity index (χ1) is 16.5. The number of likely N-dealkylation sites (N-methyl/N-ethyl adjacent to an activating group) is 1. The molecule has 0 aliphatic carbocycles. The van der Waals surface area contributed by atoms with Gasteiger partial charge in [0.05, 0.1) is 19.0 Å². The van der Waals surface area contributed by atoms with E-state index in [2.05, 4.69) is 13.0 Å². The molecule has 0 N–H and O–H groups in total. The van der Waals surface area contributed by atoms with Gasteiger partial charge in [-0.25, -0.2) is 0 Å². The molecule has 1 amide bonds. The molecule has 0 saturated heterocycles. The van der Waals surface area contributed by atoms with Crippen LogP contribution in [-0.4, -0.2) is 29.9 Å². The standard InChI is InChI=1S/C29H30N2O3/c1-20-24-12-8-9-13-26(24)30-21(2)25(20)17-29(32)31(3)18-23-14-15-27(28(16-23)33-4)34-19-22-10-6-5-7-11-22/h5-16H,17-19H2,1-4H3. The van der Waals surface area contributed by atoms with E-state index in [0.717, 1.165) is 38.9 Å². The number of aryl methyl sites for hydroxylation is 2. The number of rotatable bonds is 8. The van der Waals surface area contributed by atoms with Crippen LogP contribution >= 0.6 is 0 Å². The molecule has 4 aromatic rings. The van der Waals surface area contributed by atoms with Crippen LogP contribution in [0.5, 0.6) is 11.5 Å². The molecule has 0 saturated carbocycles. The van der Waals surface area contributed by atoms with E-state index in [9.17, 15) is 4.79 Å². The van der Waals surface area contributed by atoms with Gasteiger partial charge in [0.15, 0.2) is 11.5 Å². The van der Waals surface area contributed by atoms with Gasteiger partial charge < -0.3 is 14.4 Å². The largest absolute Gasteiger partial charge is 0.493 e. The summed E-state index contributed by atoms with van der Waals surface area (Å²) >= 11 is 0. The first-order valence-corrected chi connectivity index (χ1v) is 11.4. The SMILES string of the molecule is COc1cc(CN(C)C(=O)Cc2c(C)nc3ccccc3c2C)ccc1OCc1ccccc1. The van der Waals surface area contributed by atoms with Gasteiger partial charge in [-0.15, -0.1) is 0 Å². The van der Waals surface area contributed by atoms with E-state index >= 15 is 0 Å². The Morgan fingerprint density at radius 3 is 2.41 bits per heavy atom. The lowest BCUT2D eigenvalue weighted by molar-refractivity contribution is -0.129. The number of nitrogens with zero attached hydrogens (tertiary/aromatic N) is 2. The van der Waals surface area contributed by atoms with Gasteiger partial charge >= 0.3 is 0 Å². The van der Waals surface area contributed by atoms with Crippen LogP contribution in [0.2, 0.25) is 0 Å². The number of methoxy groups -OCH3 is 1. The lowest BCUT2D eigenvalue weighted by Gasteiger charge is -2.20. The molecule has 0 spiro atoms. The van der Waals surface area contributed by atoms with Gasteiger partial charge in [-0.05, 0) is 54.3 Å². The first-order valence-electron chi connectivity index (χ1n) is 11.4. The average Bonchev–Trinajstić information content (AvgIpc) is 2.86. The highest BCUT2D eigenvalue weighted by Crippen LogP contribution is 2.29. The highest BCUT2D eigenvalue weighted by Gasteiger charge is 2.17. The fourth-order valence-corrected chi connectivity index (χ4v) is 4.14. The number of para-hydroxylation sites is 1. The molecule has 0 bridgehead atoms. The summed E-state index contributed by atoms with van der Waals surface area (Å²) in [5.41, 5.74) is 6.05. The van der Waals surface area contributed by atoms with Crippen LogP contribution in [-0.2, 0) is 24.4 Å². The Kier molecular flexibility index (Phi) is 7.12. The molecule has 3 aromatic carbocycles. The Hall–Kier alpha value is -3.86. The first kappa shape index (κ1) is 23.3. The fraction of sp³-hybridized carbons (Fsp3) is 0.241. The van der Waals surface area contributed by atoms with Gasteiger partial charge in [0.1, 0.15) is 6.61 Å². The predicted molar refractivity (Wildman–Crippen MR) is 135 cm³/mol. The van der Waals surface area contributed by atoms with E-state index in [1.54, 1.807) is 12.0 Å². The van der Waals surface area contributed by atoms with Crippen molar-refractivity contribution in [3.05, 3.63) is 101 Å². The van der Waals surface area contributed by atoms with E-state index in [1.165, 1.54) is 0 Å². The number of hydrogen-bond acceptors (Lipinski definition) is 4. The summed E-state index contributed by atoms with van der Waals surface area (Å²) in [4.78, 5) is 19.5. The summed E-state index contributed by atoms with van der Waals surface area (Å²) in [5.74, 6) is 1.38. The number of hydrogen-bond donors (Lipinski definition) is 0. The zero-order chi connectivity index (χ0) is 24.1. The Morgan fingerprint density at radius 1 is 0.912 bits per heavy atom. The van der Waals surface area contributed by atoms with Crippen molar-refractivity contribution in [2.75, 3.05) is 14.2 Å². The van der Waals surface area contributed by atoms with Gasteiger partial charge in [-0.2, -0.15) is 0 Å². The summed E-state index contributed by atoms with van der Waals surface area (Å²) in [7, 11) is 3.45. The van der Waals surface area contributed by atoms with Gasteiger partial charge in [-0.1, -0.05) is 54.6 Å². The maximum absolute atomic E-state index is 13.1. The molecule has 0 unspecified atom stereocenters.